The fourth-order valence-electron chi connectivity index (χ4n) is 4.16. The van der Waals surface area contributed by atoms with Crippen molar-refractivity contribution >= 4 is 11.8 Å². The predicted octanol–water partition coefficient (Wildman–Crippen LogP) is 4.39. The van der Waals surface area contributed by atoms with Gasteiger partial charge in [-0.3, -0.25) is 9.59 Å². The Morgan fingerprint density at radius 1 is 1.21 bits per heavy atom. The Morgan fingerprint density at radius 3 is 2.79 bits per heavy atom. The maximum Gasteiger partial charge on any atom is 0.261 e. The van der Waals surface area contributed by atoms with E-state index in [0.717, 1.165) is 11.1 Å². The van der Waals surface area contributed by atoms with Crippen LogP contribution >= 0.6 is 0 Å². The molecule has 172 valence electrons. The number of furan rings is 1. The zero-order valence-corrected chi connectivity index (χ0v) is 18.7. The van der Waals surface area contributed by atoms with Gasteiger partial charge in [-0.05, 0) is 66.4 Å². The standard InChI is InChI=1S/C26H27FN2O4/c1-3-24(30)29-12-11-18-9-10-21(15-23(18)25(29)19-6-4-7-20(27)14-19)33-17(2)26(31)28-16-22-8-5-13-32-22/h4-10,13-15,17,25H,3,11-12,16H2,1-2H3,(H,28,31). The molecule has 2 amide bonds. The topological polar surface area (TPSA) is 71.8 Å². The van der Waals surface area contributed by atoms with E-state index in [0.29, 0.717) is 36.5 Å². The minimum absolute atomic E-state index is 0.00639. The average Bonchev–Trinajstić information content (AvgIpc) is 3.35. The van der Waals surface area contributed by atoms with Crippen LogP contribution in [-0.4, -0.2) is 29.4 Å². The SMILES string of the molecule is CCC(=O)N1CCc2ccc(OC(C)C(=O)NCc3ccco3)cc2C1c1cccc(F)c1. The molecule has 0 saturated carbocycles. The molecule has 1 aliphatic rings. The van der Waals surface area contributed by atoms with Gasteiger partial charge in [0.25, 0.3) is 5.91 Å². The Labute approximate surface area is 192 Å². The largest absolute Gasteiger partial charge is 0.481 e. The molecule has 1 N–H and O–H groups in total. The minimum atomic E-state index is -0.734. The molecule has 2 atom stereocenters. The minimum Gasteiger partial charge on any atom is -0.481 e. The number of nitrogens with one attached hydrogen (secondary N) is 1. The summed E-state index contributed by atoms with van der Waals surface area (Å²) in [6, 6.07) is 15.1. The Balaban J connectivity index is 1.57. The third-order valence-electron chi connectivity index (χ3n) is 5.83. The molecular formula is C26H27FN2O4. The van der Waals surface area contributed by atoms with Gasteiger partial charge in [0.2, 0.25) is 5.91 Å². The highest BCUT2D eigenvalue weighted by molar-refractivity contribution is 5.80. The lowest BCUT2D eigenvalue weighted by molar-refractivity contribution is -0.133. The first-order valence-electron chi connectivity index (χ1n) is 11.1. The number of carbonyl (C=O) groups is 2. The molecule has 0 saturated heterocycles. The summed E-state index contributed by atoms with van der Waals surface area (Å²) in [7, 11) is 0. The average molecular weight is 451 g/mol. The second kappa shape index (κ2) is 9.90. The number of fused-ring (bicyclic) bond motifs is 1. The molecule has 3 aromatic rings. The molecule has 0 bridgehead atoms. The summed E-state index contributed by atoms with van der Waals surface area (Å²) in [5.74, 6) is 0.558. The number of nitrogens with zero attached hydrogens (tertiary/aromatic N) is 1. The van der Waals surface area contributed by atoms with Gasteiger partial charge in [-0.25, -0.2) is 4.39 Å². The molecule has 1 aromatic heterocycles. The number of ether oxygens (including phenoxy) is 1. The molecule has 7 heteroatoms. The van der Waals surface area contributed by atoms with Crippen molar-refractivity contribution in [1.82, 2.24) is 10.2 Å². The summed E-state index contributed by atoms with van der Waals surface area (Å²) >= 11 is 0. The number of amides is 2. The van der Waals surface area contributed by atoms with E-state index < -0.39 is 12.1 Å². The molecule has 0 radical (unpaired) electrons. The van der Waals surface area contributed by atoms with Crippen LogP contribution in [0.1, 0.15) is 48.8 Å². The number of carbonyl (C=O) groups excluding carboxylic acids is 2. The monoisotopic (exact) mass is 450 g/mol. The third-order valence-corrected chi connectivity index (χ3v) is 5.83. The molecule has 2 aromatic carbocycles. The van der Waals surface area contributed by atoms with Crippen molar-refractivity contribution in [1.29, 1.82) is 0 Å². The second-order valence-electron chi connectivity index (χ2n) is 8.07. The zero-order valence-electron chi connectivity index (χ0n) is 18.7. The lowest BCUT2D eigenvalue weighted by atomic mass is 9.87. The van der Waals surface area contributed by atoms with Crippen molar-refractivity contribution in [3.8, 4) is 5.75 Å². The second-order valence-corrected chi connectivity index (χ2v) is 8.07. The van der Waals surface area contributed by atoms with Crippen LogP contribution in [-0.2, 0) is 22.6 Å². The highest BCUT2D eigenvalue weighted by atomic mass is 19.1. The van der Waals surface area contributed by atoms with Gasteiger partial charge in [0.05, 0.1) is 18.8 Å². The van der Waals surface area contributed by atoms with Crippen LogP contribution in [0.2, 0.25) is 0 Å². The number of hydrogen-bond acceptors (Lipinski definition) is 4. The highest BCUT2D eigenvalue weighted by Gasteiger charge is 2.32. The van der Waals surface area contributed by atoms with E-state index in [1.165, 1.54) is 12.1 Å². The quantitative estimate of drug-likeness (QED) is 0.580. The van der Waals surface area contributed by atoms with Crippen molar-refractivity contribution in [3.05, 3.63) is 89.1 Å². The Hall–Kier alpha value is -3.61. The number of hydrogen-bond donors (Lipinski definition) is 1. The van der Waals surface area contributed by atoms with Crippen molar-refractivity contribution in [2.45, 2.75) is 45.4 Å². The summed E-state index contributed by atoms with van der Waals surface area (Å²) in [6.07, 6.45) is 1.88. The van der Waals surface area contributed by atoms with Crippen LogP contribution < -0.4 is 10.1 Å². The van der Waals surface area contributed by atoms with Crippen LogP contribution in [0.15, 0.2) is 65.3 Å². The van der Waals surface area contributed by atoms with Gasteiger partial charge in [0.15, 0.2) is 6.10 Å². The van der Waals surface area contributed by atoms with Gasteiger partial charge < -0.3 is 19.4 Å². The zero-order chi connectivity index (χ0) is 23.4. The summed E-state index contributed by atoms with van der Waals surface area (Å²) < 4.78 is 25.2. The maximum absolute atomic E-state index is 14.0. The van der Waals surface area contributed by atoms with E-state index in [-0.39, 0.29) is 24.2 Å². The number of rotatable bonds is 7. The molecule has 1 aliphatic heterocycles. The van der Waals surface area contributed by atoms with Crippen molar-refractivity contribution in [2.24, 2.45) is 0 Å². The lowest BCUT2D eigenvalue weighted by Gasteiger charge is -2.38. The van der Waals surface area contributed by atoms with Crippen molar-refractivity contribution < 1.29 is 23.1 Å². The van der Waals surface area contributed by atoms with Gasteiger partial charge in [-0.2, -0.15) is 0 Å². The fourth-order valence-corrected chi connectivity index (χ4v) is 4.16. The molecule has 6 nitrogen and oxygen atoms in total. The number of halogens is 1. The molecule has 4 rings (SSSR count). The van der Waals surface area contributed by atoms with E-state index in [1.54, 1.807) is 36.3 Å². The summed E-state index contributed by atoms with van der Waals surface area (Å²) in [5, 5.41) is 2.79. The molecule has 0 spiro atoms. The molecular weight excluding hydrogens is 423 g/mol. The summed E-state index contributed by atoms with van der Waals surface area (Å²) in [5.41, 5.74) is 2.67. The first-order chi connectivity index (χ1) is 16.0. The van der Waals surface area contributed by atoms with E-state index in [2.05, 4.69) is 5.32 Å². The molecule has 2 heterocycles. The van der Waals surface area contributed by atoms with Crippen LogP contribution in [0.3, 0.4) is 0 Å². The Bertz CT molecular complexity index is 1130. The van der Waals surface area contributed by atoms with Gasteiger partial charge >= 0.3 is 0 Å². The van der Waals surface area contributed by atoms with Gasteiger partial charge in [-0.1, -0.05) is 25.1 Å². The molecule has 0 fully saturated rings. The van der Waals surface area contributed by atoms with Crippen LogP contribution in [0, 0.1) is 5.82 Å². The number of benzene rings is 2. The van der Waals surface area contributed by atoms with Crippen LogP contribution in [0.25, 0.3) is 0 Å². The van der Waals surface area contributed by atoms with Gasteiger partial charge in [0, 0.05) is 13.0 Å². The molecule has 2 unspecified atom stereocenters. The first kappa shape index (κ1) is 22.6. The maximum atomic E-state index is 14.0. The fraction of sp³-hybridized carbons (Fsp3) is 0.308. The van der Waals surface area contributed by atoms with Crippen LogP contribution in [0.4, 0.5) is 4.39 Å². The van der Waals surface area contributed by atoms with Crippen LogP contribution in [0.5, 0.6) is 5.75 Å². The van der Waals surface area contributed by atoms with E-state index in [9.17, 15) is 14.0 Å². The molecule has 0 aliphatic carbocycles. The third kappa shape index (κ3) is 5.08. The first-order valence-corrected chi connectivity index (χ1v) is 11.1. The Morgan fingerprint density at radius 2 is 2.06 bits per heavy atom. The smallest absolute Gasteiger partial charge is 0.261 e. The van der Waals surface area contributed by atoms with Crippen molar-refractivity contribution in [2.75, 3.05) is 6.54 Å². The normalized spacial score (nSPS) is 16.1. The summed E-state index contributed by atoms with van der Waals surface area (Å²) in [6.45, 7) is 4.34. The van der Waals surface area contributed by atoms with Crippen molar-refractivity contribution in [3.63, 3.8) is 0 Å². The van der Waals surface area contributed by atoms with E-state index >= 15 is 0 Å². The van der Waals surface area contributed by atoms with Gasteiger partial charge in [0.1, 0.15) is 17.3 Å². The highest BCUT2D eigenvalue weighted by Crippen LogP contribution is 2.37. The summed E-state index contributed by atoms with van der Waals surface area (Å²) in [4.78, 5) is 27.0. The Kier molecular flexibility index (Phi) is 6.77. The molecule has 33 heavy (non-hydrogen) atoms. The van der Waals surface area contributed by atoms with E-state index in [1.807, 2.05) is 31.2 Å². The van der Waals surface area contributed by atoms with Gasteiger partial charge in [-0.15, -0.1) is 0 Å². The lowest BCUT2D eigenvalue weighted by Crippen LogP contribution is -2.40. The predicted molar refractivity (Wildman–Crippen MR) is 121 cm³/mol. The van der Waals surface area contributed by atoms with E-state index in [4.69, 9.17) is 9.15 Å².